The summed E-state index contributed by atoms with van der Waals surface area (Å²) >= 11 is 0. The minimum Gasteiger partial charge on any atom is -0.376 e. The van der Waals surface area contributed by atoms with Crippen molar-refractivity contribution in [1.29, 1.82) is 0 Å². The van der Waals surface area contributed by atoms with Crippen LogP contribution in [0.15, 0.2) is 0 Å². The van der Waals surface area contributed by atoms with E-state index in [1.165, 1.54) is 12.8 Å². The highest BCUT2D eigenvalue weighted by Gasteiger charge is 2.27. The van der Waals surface area contributed by atoms with E-state index in [1.54, 1.807) is 0 Å². The fourth-order valence-electron chi connectivity index (χ4n) is 1.33. The largest absolute Gasteiger partial charge is 0.376 e. The van der Waals surface area contributed by atoms with Crippen LogP contribution in [-0.2, 0) is 4.74 Å². The van der Waals surface area contributed by atoms with E-state index >= 15 is 0 Å². The van der Waals surface area contributed by atoms with E-state index in [2.05, 4.69) is 0 Å². The molecule has 1 saturated heterocycles. The van der Waals surface area contributed by atoms with Gasteiger partial charge in [0, 0.05) is 12.1 Å². The van der Waals surface area contributed by atoms with Crippen molar-refractivity contribution in [3.05, 3.63) is 0 Å². The smallest absolute Gasteiger partial charge is 0.0749 e. The first-order valence-electron chi connectivity index (χ1n) is 4.01. The fraction of sp³-hybridized carbons (Fsp3) is 1.00. The number of hydrogen-bond donors (Lipinski definition) is 1. The Morgan fingerprint density at radius 1 is 1.40 bits per heavy atom. The van der Waals surface area contributed by atoms with Gasteiger partial charge in [0.2, 0.25) is 0 Å². The van der Waals surface area contributed by atoms with Gasteiger partial charge in [0.25, 0.3) is 0 Å². The van der Waals surface area contributed by atoms with Crippen LogP contribution in [0.4, 0.5) is 0 Å². The van der Waals surface area contributed by atoms with Crippen molar-refractivity contribution in [3.8, 4) is 0 Å². The first-order valence-corrected chi connectivity index (χ1v) is 4.01. The van der Waals surface area contributed by atoms with Gasteiger partial charge in [-0.25, -0.2) is 0 Å². The molecular weight excluding hydrogens is 126 g/mol. The molecule has 0 spiro atoms. The standard InChI is InChI=1S/C8H17NO/c1-8(2,9)7-5-3-4-6-10-7/h7H,3-6,9H2,1-2H3/t7-/m0/s1. The summed E-state index contributed by atoms with van der Waals surface area (Å²) in [6, 6.07) is 0. The maximum absolute atomic E-state index is 5.89. The monoisotopic (exact) mass is 143 g/mol. The highest BCUT2D eigenvalue weighted by Crippen LogP contribution is 2.20. The third kappa shape index (κ3) is 1.96. The normalized spacial score (nSPS) is 28.5. The van der Waals surface area contributed by atoms with Crippen LogP contribution < -0.4 is 5.73 Å². The molecule has 1 heterocycles. The van der Waals surface area contributed by atoms with E-state index in [1.807, 2.05) is 13.8 Å². The highest BCUT2D eigenvalue weighted by atomic mass is 16.5. The molecule has 1 aliphatic heterocycles. The fourth-order valence-corrected chi connectivity index (χ4v) is 1.33. The van der Waals surface area contributed by atoms with E-state index in [-0.39, 0.29) is 11.6 Å². The second kappa shape index (κ2) is 2.89. The molecule has 0 saturated carbocycles. The molecule has 2 heteroatoms. The summed E-state index contributed by atoms with van der Waals surface area (Å²) in [6.07, 6.45) is 3.88. The third-order valence-electron chi connectivity index (χ3n) is 2.01. The topological polar surface area (TPSA) is 35.2 Å². The zero-order valence-corrected chi connectivity index (χ0v) is 6.89. The lowest BCUT2D eigenvalue weighted by Gasteiger charge is -2.33. The first-order chi connectivity index (χ1) is 4.61. The van der Waals surface area contributed by atoms with Crippen LogP contribution in [0.3, 0.4) is 0 Å². The maximum atomic E-state index is 5.89. The molecule has 0 radical (unpaired) electrons. The number of nitrogens with two attached hydrogens (primary N) is 1. The lowest BCUT2D eigenvalue weighted by molar-refractivity contribution is -0.0223. The molecule has 10 heavy (non-hydrogen) atoms. The molecule has 0 amide bonds. The molecule has 2 N–H and O–H groups in total. The van der Waals surface area contributed by atoms with Crippen molar-refractivity contribution in [2.45, 2.75) is 44.8 Å². The van der Waals surface area contributed by atoms with Crippen molar-refractivity contribution in [1.82, 2.24) is 0 Å². The molecule has 0 bridgehead atoms. The Morgan fingerprint density at radius 3 is 2.40 bits per heavy atom. The van der Waals surface area contributed by atoms with Crippen LogP contribution >= 0.6 is 0 Å². The molecule has 1 atom stereocenters. The van der Waals surface area contributed by atoms with E-state index in [4.69, 9.17) is 10.5 Å². The summed E-state index contributed by atoms with van der Waals surface area (Å²) in [5, 5.41) is 0. The zero-order valence-electron chi connectivity index (χ0n) is 6.89. The molecule has 0 aliphatic carbocycles. The van der Waals surface area contributed by atoms with Crippen LogP contribution in [-0.4, -0.2) is 18.2 Å². The molecule has 1 rings (SSSR count). The van der Waals surface area contributed by atoms with E-state index in [0.717, 1.165) is 13.0 Å². The predicted octanol–water partition coefficient (Wildman–Crippen LogP) is 1.29. The lowest BCUT2D eigenvalue weighted by atomic mass is 9.93. The van der Waals surface area contributed by atoms with Gasteiger partial charge in [0.1, 0.15) is 0 Å². The number of rotatable bonds is 1. The third-order valence-corrected chi connectivity index (χ3v) is 2.01. The lowest BCUT2D eigenvalue weighted by Crippen LogP contribution is -2.47. The van der Waals surface area contributed by atoms with Crippen molar-refractivity contribution in [2.75, 3.05) is 6.61 Å². The van der Waals surface area contributed by atoms with Gasteiger partial charge in [-0.2, -0.15) is 0 Å². The average Bonchev–Trinajstić information content (AvgIpc) is 1.88. The van der Waals surface area contributed by atoms with Crippen LogP contribution in [0.25, 0.3) is 0 Å². The molecular formula is C8H17NO. The highest BCUT2D eigenvalue weighted by molar-refractivity contribution is 4.84. The van der Waals surface area contributed by atoms with Crippen molar-refractivity contribution in [2.24, 2.45) is 5.73 Å². The van der Waals surface area contributed by atoms with E-state index < -0.39 is 0 Å². The Hall–Kier alpha value is -0.0800. The Morgan fingerprint density at radius 2 is 2.10 bits per heavy atom. The number of hydrogen-bond acceptors (Lipinski definition) is 2. The molecule has 0 aromatic carbocycles. The predicted molar refractivity (Wildman–Crippen MR) is 41.9 cm³/mol. The Balaban J connectivity index is 2.39. The minimum atomic E-state index is -0.152. The summed E-state index contributed by atoms with van der Waals surface area (Å²) in [7, 11) is 0. The van der Waals surface area contributed by atoms with Gasteiger partial charge in [-0.05, 0) is 33.1 Å². The second-order valence-corrected chi connectivity index (χ2v) is 3.68. The summed E-state index contributed by atoms with van der Waals surface area (Å²) < 4.78 is 5.52. The molecule has 0 aromatic rings. The number of ether oxygens (including phenoxy) is 1. The SMILES string of the molecule is CC(C)(N)[C@@H]1CCCCO1. The van der Waals surface area contributed by atoms with Crippen LogP contribution in [0, 0.1) is 0 Å². The summed E-state index contributed by atoms with van der Waals surface area (Å²) in [5.41, 5.74) is 5.73. The molecule has 1 aliphatic rings. The first kappa shape index (κ1) is 8.02. The summed E-state index contributed by atoms with van der Waals surface area (Å²) in [6.45, 7) is 4.96. The zero-order chi connectivity index (χ0) is 7.61. The maximum Gasteiger partial charge on any atom is 0.0749 e. The van der Waals surface area contributed by atoms with Gasteiger partial charge >= 0.3 is 0 Å². The van der Waals surface area contributed by atoms with Gasteiger partial charge in [-0.3, -0.25) is 0 Å². The van der Waals surface area contributed by atoms with E-state index in [0.29, 0.717) is 0 Å². The van der Waals surface area contributed by atoms with Gasteiger partial charge in [-0.15, -0.1) is 0 Å². The Kier molecular flexibility index (Phi) is 2.32. The summed E-state index contributed by atoms with van der Waals surface area (Å²) in [4.78, 5) is 0. The molecule has 1 fully saturated rings. The van der Waals surface area contributed by atoms with Gasteiger partial charge in [-0.1, -0.05) is 0 Å². The quantitative estimate of drug-likeness (QED) is 0.600. The van der Waals surface area contributed by atoms with E-state index in [9.17, 15) is 0 Å². The van der Waals surface area contributed by atoms with Crippen molar-refractivity contribution in [3.63, 3.8) is 0 Å². The second-order valence-electron chi connectivity index (χ2n) is 3.68. The molecule has 60 valence electrons. The Bertz CT molecular complexity index is 100. The van der Waals surface area contributed by atoms with Crippen LogP contribution in [0.2, 0.25) is 0 Å². The average molecular weight is 143 g/mol. The van der Waals surface area contributed by atoms with Gasteiger partial charge in [0.05, 0.1) is 6.10 Å². The van der Waals surface area contributed by atoms with Gasteiger partial charge < -0.3 is 10.5 Å². The summed E-state index contributed by atoms with van der Waals surface area (Å²) in [5.74, 6) is 0. The van der Waals surface area contributed by atoms with Crippen molar-refractivity contribution < 1.29 is 4.74 Å². The van der Waals surface area contributed by atoms with Crippen LogP contribution in [0.5, 0.6) is 0 Å². The minimum absolute atomic E-state index is 0.152. The molecule has 0 unspecified atom stereocenters. The molecule has 0 aromatic heterocycles. The molecule has 2 nitrogen and oxygen atoms in total. The van der Waals surface area contributed by atoms with Gasteiger partial charge in [0.15, 0.2) is 0 Å². The Labute approximate surface area is 62.7 Å². The van der Waals surface area contributed by atoms with Crippen molar-refractivity contribution >= 4 is 0 Å². The van der Waals surface area contributed by atoms with Crippen LogP contribution in [0.1, 0.15) is 33.1 Å².